The van der Waals surface area contributed by atoms with Gasteiger partial charge in [-0.3, -0.25) is 4.79 Å². The molecule has 1 N–H and O–H groups in total. The van der Waals surface area contributed by atoms with Gasteiger partial charge in [-0.1, -0.05) is 18.2 Å². The van der Waals surface area contributed by atoms with E-state index in [0.29, 0.717) is 6.04 Å². The number of hydrogen-bond acceptors (Lipinski definition) is 3. The molecule has 0 spiro atoms. The van der Waals surface area contributed by atoms with E-state index in [-0.39, 0.29) is 11.2 Å². The van der Waals surface area contributed by atoms with Crippen molar-refractivity contribution in [3.8, 4) is 0 Å². The summed E-state index contributed by atoms with van der Waals surface area (Å²) >= 11 is 1.63. The third kappa shape index (κ3) is 2.49. The van der Waals surface area contributed by atoms with E-state index in [2.05, 4.69) is 14.9 Å². The highest BCUT2D eigenvalue weighted by molar-refractivity contribution is 8.00. The summed E-state index contributed by atoms with van der Waals surface area (Å²) < 4.78 is 2.23. The van der Waals surface area contributed by atoms with Crippen LogP contribution in [-0.2, 0) is 4.79 Å². The highest BCUT2D eigenvalue weighted by atomic mass is 32.2. The van der Waals surface area contributed by atoms with Crippen molar-refractivity contribution in [2.75, 3.05) is 6.54 Å². The smallest absolute Gasteiger partial charge is 0.233 e. The third-order valence-corrected chi connectivity index (χ3v) is 4.57. The molecular weight excluding hydrogens is 234 g/mol. The van der Waals surface area contributed by atoms with Gasteiger partial charge in [0.25, 0.3) is 0 Å². The Morgan fingerprint density at radius 2 is 2.24 bits per heavy atom. The maximum absolute atomic E-state index is 11.9. The molecule has 1 atom stereocenters. The van der Waals surface area contributed by atoms with E-state index in [1.54, 1.807) is 11.8 Å². The zero-order chi connectivity index (χ0) is 11.7. The summed E-state index contributed by atoms with van der Waals surface area (Å²) in [7, 11) is 0. The van der Waals surface area contributed by atoms with Crippen molar-refractivity contribution in [3.05, 3.63) is 12.4 Å². The number of hydrogen-bond donors (Lipinski definition) is 1. The first-order valence-electron chi connectivity index (χ1n) is 6.32. The Labute approximate surface area is 105 Å². The fraction of sp³-hybridized carbons (Fsp3) is 0.667. The number of carbonyl (C=O) groups is 1. The molecule has 1 aromatic heterocycles. The highest BCUT2D eigenvalue weighted by Crippen LogP contribution is 2.39. The van der Waals surface area contributed by atoms with Gasteiger partial charge in [-0.2, -0.15) is 0 Å². The summed E-state index contributed by atoms with van der Waals surface area (Å²) in [6, 6.07) is 0.633. The Morgan fingerprint density at radius 1 is 1.35 bits per heavy atom. The van der Waals surface area contributed by atoms with Gasteiger partial charge in [-0.15, -0.1) is 0 Å². The van der Waals surface area contributed by atoms with Crippen LogP contribution in [0, 0.1) is 0 Å². The van der Waals surface area contributed by atoms with Crippen molar-refractivity contribution in [1.29, 1.82) is 0 Å². The monoisotopic (exact) mass is 251 g/mol. The van der Waals surface area contributed by atoms with Gasteiger partial charge in [-0.05, 0) is 25.7 Å². The quantitative estimate of drug-likeness (QED) is 0.893. The van der Waals surface area contributed by atoms with Gasteiger partial charge in [0.1, 0.15) is 0 Å². The van der Waals surface area contributed by atoms with E-state index in [4.69, 9.17) is 0 Å². The first-order chi connectivity index (χ1) is 8.34. The van der Waals surface area contributed by atoms with Gasteiger partial charge in [0.15, 0.2) is 5.16 Å². The largest absolute Gasteiger partial charge is 0.355 e. The van der Waals surface area contributed by atoms with Crippen LogP contribution in [0.3, 0.4) is 0 Å². The Bertz CT molecular complexity index is 414. The van der Waals surface area contributed by atoms with E-state index in [1.165, 1.54) is 12.8 Å². The Morgan fingerprint density at radius 3 is 3.06 bits per heavy atom. The standard InChI is InChI=1S/C12H17N3OS/c16-11-10(3-1-2-6-13-11)17-12-14-7-8-15(12)9-4-5-9/h7-10H,1-6H2,(H,13,16)/t10-/m0/s1. The second-order valence-electron chi connectivity index (χ2n) is 4.74. The van der Waals surface area contributed by atoms with Crippen molar-refractivity contribution in [2.45, 2.75) is 48.6 Å². The lowest BCUT2D eigenvalue weighted by Crippen LogP contribution is -2.30. The number of nitrogens with one attached hydrogen (secondary N) is 1. The third-order valence-electron chi connectivity index (χ3n) is 3.31. The normalized spacial score (nSPS) is 25.4. The van der Waals surface area contributed by atoms with Crippen molar-refractivity contribution in [2.24, 2.45) is 0 Å². The molecule has 2 heterocycles. The maximum Gasteiger partial charge on any atom is 0.233 e. The van der Waals surface area contributed by atoms with Crippen LogP contribution < -0.4 is 5.32 Å². The van der Waals surface area contributed by atoms with Gasteiger partial charge in [0.05, 0.1) is 5.25 Å². The minimum atomic E-state index is 0.0393. The lowest BCUT2D eigenvalue weighted by atomic mass is 10.2. The molecule has 1 amide bonds. The Kier molecular flexibility index (Phi) is 3.09. The summed E-state index contributed by atoms with van der Waals surface area (Å²) in [4.78, 5) is 16.3. The molecule has 5 heteroatoms. The zero-order valence-electron chi connectivity index (χ0n) is 9.76. The van der Waals surface area contributed by atoms with Gasteiger partial charge in [0.2, 0.25) is 5.91 Å². The number of amides is 1. The fourth-order valence-electron chi connectivity index (χ4n) is 2.17. The minimum Gasteiger partial charge on any atom is -0.355 e. The van der Waals surface area contributed by atoms with E-state index in [0.717, 1.165) is 31.0 Å². The van der Waals surface area contributed by atoms with Crippen LogP contribution in [0.25, 0.3) is 0 Å². The van der Waals surface area contributed by atoms with Crippen molar-refractivity contribution in [1.82, 2.24) is 14.9 Å². The first-order valence-corrected chi connectivity index (χ1v) is 7.20. The number of thioether (sulfide) groups is 1. The van der Waals surface area contributed by atoms with Crippen LogP contribution in [0.5, 0.6) is 0 Å². The molecule has 1 aliphatic carbocycles. The molecule has 0 bridgehead atoms. The predicted molar refractivity (Wildman–Crippen MR) is 67.0 cm³/mol. The molecular formula is C12H17N3OS. The summed E-state index contributed by atoms with van der Waals surface area (Å²) in [5.74, 6) is 0.179. The van der Waals surface area contributed by atoms with Gasteiger partial charge in [0, 0.05) is 25.0 Å². The van der Waals surface area contributed by atoms with E-state index in [9.17, 15) is 4.79 Å². The predicted octanol–water partition coefficient (Wildman–Crippen LogP) is 1.98. The van der Waals surface area contributed by atoms with Crippen LogP contribution in [0.15, 0.2) is 17.6 Å². The van der Waals surface area contributed by atoms with Crippen molar-refractivity contribution < 1.29 is 4.79 Å². The number of imidazole rings is 1. The topological polar surface area (TPSA) is 46.9 Å². The van der Waals surface area contributed by atoms with Crippen molar-refractivity contribution in [3.63, 3.8) is 0 Å². The van der Waals surface area contributed by atoms with Gasteiger partial charge < -0.3 is 9.88 Å². The number of aromatic nitrogens is 2. The Balaban J connectivity index is 1.71. The molecule has 1 saturated heterocycles. The van der Waals surface area contributed by atoms with Gasteiger partial charge in [-0.25, -0.2) is 4.98 Å². The highest BCUT2D eigenvalue weighted by Gasteiger charge is 2.28. The average molecular weight is 251 g/mol. The molecule has 17 heavy (non-hydrogen) atoms. The first kappa shape index (κ1) is 11.1. The lowest BCUT2D eigenvalue weighted by molar-refractivity contribution is -0.120. The van der Waals surface area contributed by atoms with E-state index < -0.39 is 0 Å². The van der Waals surface area contributed by atoms with E-state index >= 15 is 0 Å². The number of carbonyl (C=O) groups excluding carboxylic acids is 1. The van der Waals surface area contributed by atoms with Crippen LogP contribution in [0.4, 0.5) is 0 Å². The zero-order valence-corrected chi connectivity index (χ0v) is 10.6. The molecule has 92 valence electrons. The average Bonchev–Trinajstić information content (AvgIpc) is 3.09. The molecule has 0 aromatic carbocycles. The molecule has 1 saturated carbocycles. The van der Waals surface area contributed by atoms with Crippen molar-refractivity contribution >= 4 is 17.7 Å². The number of rotatable bonds is 3. The number of nitrogens with zero attached hydrogens (tertiary/aromatic N) is 2. The van der Waals surface area contributed by atoms with E-state index in [1.807, 2.05) is 12.4 Å². The lowest BCUT2D eigenvalue weighted by Gasteiger charge is -2.13. The van der Waals surface area contributed by atoms with Crippen LogP contribution in [0.2, 0.25) is 0 Å². The summed E-state index contributed by atoms with van der Waals surface area (Å²) in [6.07, 6.45) is 9.57. The molecule has 2 aliphatic rings. The molecule has 1 aliphatic heterocycles. The second kappa shape index (κ2) is 4.72. The minimum absolute atomic E-state index is 0.0393. The molecule has 3 rings (SSSR count). The van der Waals surface area contributed by atoms with Crippen LogP contribution in [0.1, 0.15) is 38.1 Å². The Hall–Kier alpha value is -0.970. The fourth-order valence-corrected chi connectivity index (χ4v) is 3.35. The van der Waals surface area contributed by atoms with Gasteiger partial charge >= 0.3 is 0 Å². The second-order valence-corrected chi connectivity index (χ2v) is 5.91. The summed E-state index contributed by atoms with van der Waals surface area (Å²) in [5, 5.41) is 4.02. The van der Waals surface area contributed by atoms with Crippen LogP contribution in [-0.4, -0.2) is 27.3 Å². The molecule has 0 unspecified atom stereocenters. The SMILES string of the molecule is O=C1NCCCC[C@@H]1Sc1nccn1C1CC1. The molecule has 2 fully saturated rings. The maximum atomic E-state index is 11.9. The molecule has 1 aromatic rings. The van der Waals surface area contributed by atoms with Crippen LogP contribution >= 0.6 is 11.8 Å². The molecule has 0 radical (unpaired) electrons. The summed E-state index contributed by atoms with van der Waals surface area (Å²) in [6.45, 7) is 0.826. The summed E-state index contributed by atoms with van der Waals surface area (Å²) in [5.41, 5.74) is 0. The molecule has 4 nitrogen and oxygen atoms in total.